The van der Waals surface area contributed by atoms with Crippen LogP contribution in [0.1, 0.15) is 31.4 Å². The lowest BCUT2D eigenvalue weighted by atomic mass is 10.1. The minimum atomic E-state index is 0.0695. The number of hydrogen-bond acceptors (Lipinski definition) is 1. The van der Waals surface area contributed by atoms with Crippen molar-refractivity contribution in [1.29, 1.82) is 0 Å². The SMILES string of the molecule is CC[C@@H](C)NC(=O)Cc1cn(Cc2cccc(Cl)c2)c2ccccc12. The summed E-state index contributed by atoms with van der Waals surface area (Å²) in [6.07, 6.45) is 3.41. The number of amides is 1. The Bertz CT molecular complexity index is 884. The Kier molecular flexibility index (Phi) is 5.44. The summed E-state index contributed by atoms with van der Waals surface area (Å²) in [4.78, 5) is 12.3. The number of hydrogen-bond donors (Lipinski definition) is 1. The van der Waals surface area contributed by atoms with Gasteiger partial charge in [0.05, 0.1) is 6.42 Å². The molecule has 1 aromatic heterocycles. The highest BCUT2D eigenvalue weighted by atomic mass is 35.5. The van der Waals surface area contributed by atoms with Crippen LogP contribution < -0.4 is 5.32 Å². The van der Waals surface area contributed by atoms with Crippen molar-refractivity contribution in [3.8, 4) is 0 Å². The van der Waals surface area contributed by atoms with Gasteiger partial charge in [0.15, 0.2) is 0 Å². The van der Waals surface area contributed by atoms with Crippen LogP contribution in [0.15, 0.2) is 54.7 Å². The van der Waals surface area contributed by atoms with E-state index in [0.717, 1.165) is 40.0 Å². The van der Waals surface area contributed by atoms with Gasteiger partial charge in [0.1, 0.15) is 0 Å². The average Bonchev–Trinajstić information content (AvgIpc) is 2.92. The largest absolute Gasteiger partial charge is 0.353 e. The summed E-state index contributed by atoms with van der Waals surface area (Å²) >= 11 is 6.10. The van der Waals surface area contributed by atoms with Crippen molar-refractivity contribution in [3.63, 3.8) is 0 Å². The number of nitrogens with one attached hydrogen (secondary N) is 1. The number of carbonyl (C=O) groups excluding carboxylic acids is 1. The van der Waals surface area contributed by atoms with Crippen LogP contribution >= 0.6 is 11.6 Å². The summed E-state index contributed by atoms with van der Waals surface area (Å²) in [5.74, 6) is 0.0695. The van der Waals surface area contributed by atoms with Crippen LogP contribution in [0.4, 0.5) is 0 Å². The van der Waals surface area contributed by atoms with Gasteiger partial charge in [-0.3, -0.25) is 4.79 Å². The molecule has 130 valence electrons. The van der Waals surface area contributed by atoms with E-state index < -0.39 is 0 Å². The van der Waals surface area contributed by atoms with Crippen LogP contribution in [0.3, 0.4) is 0 Å². The fourth-order valence-electron chi connectivity index (χ4n) is 3.03. The Hall–Kier alpha value is -2.26. The molecule has 3 aromatic rings. The van der Waals surface area contributed by atoms with E-state index in [4.69, 9.17) is 11.6 Å². The Morgan fingerprint density at radius 2 is 2.00 bits per heavy atom. The Labute approximate surface area is 153 Å². The monoisotopic (exact) mass is 354 g/mol. The third kappa shape index (κ3) is 4.23. The lowest BCUT2D eigenvalue weighted by Gasteiger charge is -2.10. The molecule has 0 aliphatic heterocycles. The molecule has 0 spiro atoms. The lowest BCUT2D eigenvalue weighted by Crippen LogP contribution is -2.33. The molecule has 1 amide bonds. The van der Waals surface area contributed by atoms with Gasteiger partial charge in [-0.25, -0.2) is 0 Å². The molecule has 1 N–H and O–H groups in total. The van der Waals surface area contributed by atoms with Gasteiger partial charge in [0.2, 0.25) is 5.91 Å². The van der Waals surface area contributed by atoms with Crippen LogP contribution in [-0.4, -0.2) is 16.5 Å². The summed E-state index contributed by atoms with van der Waals surface area (Å²) in [6.45, 7) is 4.83. The molecule has 2 aromatic carbocycles. The molecule has 3 rings (SSSR count). The topological polar surface area (TPSA) is 34.0 Å². The third-order valence-corrected chi connectivity index (χ3v) is 4.72. The zero-order valence-corrected chi connectivity index (χ0v) is 15.4. The molecular formula is C21H23ClN2O. The summed E-state index contributed by atoms with van der Waals surface area (Å²) < 4.78 is 2.19. The quantitative estimate of drug-likeness (QED) is 0.677. The Balaban J connectivity index is 1.89. The predicted octanol–water partition coefficient (Wildman–Crippen LogP) is 4.80. The molecule has 0 aliphatic rings. The van der Waals surface area contributed by atoms with E-state index in [9.17, 15) is 4.79 Å². The number of carbonyl (C=O) groups is 1. The first-order chi connectivity index (χ1) is 12.1. The highest BCUT2D eigenvalue weighted by Gasteiger charge is 2.13. The number of rotatable bonds is 6. The normalized spacial score (nSPS) is 12.3. The van der Waals surface area contributed by atoms with Gasteiger partial charge in [-0.05, 0) is 42.7 Å². The van der Waals surface area contributed by atoms with Gasteiger partial charge in [0.25, 0.3) is 0 Å². The Morgan fingerprint density at radius 3 is 2.76 bits per heavy atom. The molecule has 0 aliphatic carbocycles. The van der Waals surface area contributed by atoms with Crippen LogP contribution in [-0.2, 0) is 17.8 Å². The highest BCUT2D eigenvalue weighted by Crippen LogP contribution is 2.23. The average molecular weight is 355 g/mol. The summed E-state index contributed by atoms with van der Waals surface area (Å²) in [5.41, 5.74) is 3.33. The van der Waals surface area contributed by atoms with Gasteiger partial charge in [-0.1, -0.05) is 48.9 Å². The molecule has 0 fully saturated rings. The number of para-hydroxylation sites is 1. The molecule has 0 bridgehead atoms. The third-order valence-electron chi connectivity index (χ3n) is 4.48. The van der Waals surface area contributed by atoms with E-state index in [2.05, 4.69) is 41.2 Å². The van der Waals surface area contributed by atoms with E-state index in [1.54, 1.807) is 0 Å². The van der Waals surface area contributed by atoms with Gasteiger partial charge in [-0.15, -0.1) is 0 Å². The van der Waals surface area contributed by atoms with Gasteiger partial charge in [-0.2, -0.15) is 0 Å². The van der Waals surface area contributed by atoms with Gasteiger partial charge in [0, 0.05) is 34.7 Å². The molecule has 1 atom stereocenters. The zero-order chi connectivity index (χ0) is 17.8. The standard InChI is InChI=1S/C21H23ClN2O/c1-3-15(2)23-21(25)12-17-14-24(20-10-5-4-9-19(17)20)13-16-7-6-8-18(22)11-16/h4-11,14-15H,3,12-13H2,1-2H3,(H,23,25)/t15-/m1/s1. The van der Waals surface area contributed by atoms with E-state index in [1.807, 2.05) is 37.3 Å². The molecule has 4 heteroatoms. The Morgan fingerprint density at radius 1 is 1.20 bits per heavy atom. The lowest BCUT2D eigenvalue weighted by molar-refractivity contribution is -0.121. The van der Waals surface area contributed by atoms with E-state index >= 15 is 0 Å². The molecule has 1 heterocycles. The van der Waals surface area contributed by atoms with Crippen molar-refractivity contribution in [2.75, 3.05) is 0 Å². The molecule has 0 saturated heterocycles. The number of halogens is 1. The number of nitrogens with zero attached hydrogens (tertiary/aromatic N) is 1. The van der Waals surface area contributed by atoms with Gasteiger partial charge >= 0.3 is 0 Å². The molecule has 0 saturated carbocycles. The summed E-state index contributed by atoms with van der Waals surface area (Å²) in [5, 5.41) is 4.91. The van der Waals surface area contributed by atoms with Crippen molar-refractivity contribution in [3.05, 3.63) is 70.9 Å². The first-order valence-electron chi connectivity index (χ1n) is 8.67. The fourth-order valence-corrected chi connectivity index (χ4v) is 3.24. The van der Waals surface area contributed by atoms with Crippen LogP contribution in [0, 0.1) is 0 Å². The maximum atomic E-state index is 12.3. The highest BCUT2D eigenvalue weighted by molar-refractivity contribution is 6.30. The first kappa shape index (κ1) is 17.6. The van der Waals surface area contributed by atoms with E-state index in [-0.39, 0.29) is 11.9 Å². The first-order valence-corrected chi connectivity index (χ1v) is 9.05. The van der Waals surface area contributed by atoms with E-state index in [1.165, 1.54) is 0 Å². The number of benzene rings is 2. The van der Waals surface area contributed by atoms with Crippen molar-refractivity contribution in [1.82, 2.24) is 9.88 Å². The second-order valence-electron chi connectivity index (χ2n) is 6.48. The summed E-state index contributed by atoms with van der Waals surface area (Å²) in [6, 6.07) is 16.3. The number of fused-ring (bicyclic) bond motifs is 1. The van der Waals surface area contributed by atoms with Crippen LogP contribution in [0.2, 0.25) is 5.02 Å². The van der Waals surface area contributed by atoms with Crippen molar-refractivity contribution >= 4 is 28.4 Å². The fraction of sp³-hybridized carbons (Fsp3) is 0.286. The minimum Gasteiger partial charge on any atom is -0.353 e. The summed E-state index contributed by atoms with van der Waals surface area (Å²) in [7, 11) is 0. The van der Waals surface area contributed by atoms with Crippen molar-refractivity contribution in [2.45, 2.75) is 39.3 Å². The van der Waals surface area contributed by atoms with Gasteiger partial charge < -0.3 is 9.88 Å². The maximum absolute atomic E-state index is 12.3. The smallest absolute Gasteiger partial charge is 0.224 e. The minimum absolute atomic E-state index is 0.0695. The maximum Gasteiger partial charge on any atom is 0.224 e. The molecule has 3 nitrogen and oxygen atoms in total. The van der Waals surface area contributed by atoms with Crippen LogP contribution in [0.25, 0.3) is 10.9 Å². The second kappa shape index (κ2) is 7.75. The zero-order valence-electron chi connectivity index (χ0n) is 14.6. The molecular weight excluding hydrogens is 332 g/mol. The second-order valence-corrected chi connectivity index (χ2v) is 6.92. The predicted molar refractivity (Wildman–Crippen MR) is 104 cm³/mol. The molecule has 0 unspecified atom stereocenters. The molecule has 0 radical (unpaired) electrons. The number of aromatic nitrogens is 1. The molecule has 25 heavy (non-hydrogen) atoms. The van der Waals surface area contributed by atoms with Crippen molar-refractivity contribution < 1.29 is 4.79 Å². The van der Waals surface area contributed by atoms with Crippen molar-refractivity contribution in [2.24, 2.45) is 0 Å². The van der Waals surface area contributed by atoms with Crippen LogP contribution in [0.5, 0.6) is 0 Å². The van der Waals surface area contributed by atoms with E-state index in [0.29, 0.717) is 6.42 Å².